The van der Waals surface area contributed by atoms with Crippen LogP contribution in [-0.2, 0) is 24.3 Å². The van der Waals surface area contributed by atoms with Crippen molar-refractivity contribution in [2.75, 3.05) is 6.54 Å². The molecule has 9 nitrogen and oxygen atoms in total. The Morgan fingerprint density at radius 3 is 2.84 bits per heavy atom. The van der Waals surface area contributed by atoms with Gasteiger partial charge in [0, 0.05) is 17.7 Å². The minimum atomic E-state index is -0.142. The summed E-state index contributed by atoms with van der Waals surface area (Å²) < 4.78 is 1.37. The monoisotopic (exact) mass is 337 g/mol. The summed E-state index contributed by atoms with van der Waals surface area (Å²) in [4.78, 5) is 33.9. The van der Waals surface area contributed by atoms with Crippen LogP contribution in [0.15, 0.2) is 41.5 Å². The Kier molecular flexibility index (Phi) is 3.81. The highest BCUT2D eigenvalue weighted by Gasteiger charge is 2.24. The van der Waals surface area contributed by atoms with E-state index in [1.807, 2.05) is 30.3 Å². The number of carbonyl (C=O) groups excluding carboxylic acids is 1. The first-order chi connectivity index (χ1) is 12.2. The average Bonchev–Trinajstić information content (AvgIpc) is 3.15. The Balaban J connectivity index is 1.60. The van der Waals surface area contributed by atoms with Gasteiger partial charge in [-0.2, -0.15) is 0 Å². The van der Waals surface area contributed by atoms with E-state index >= 15 is 0 Å². The van der Waals surface area contributed by atoms with Crippen molar-refractivity contribution in [2.24, 2.45) is 0 Å². The van der Waals surface area contributed by atoms with Gasteiger partial charge in [0.25, 0.3) is 5.56 Å². The number of H-pyrrole nitrogens is 1. The van der Waals surface area contributed by atoms with E-state index in [1.54, 1.807) is 4.90 Å². The second-order valence-corrected chi connectivity index (χ2v) is 5.78. The smallest absolute Gasteiger partial charge is 0.254 e. The number of tetrazole rings is 1. The fourth-order valence-electron chi connectivity index (χ4n) is 2.88. The number of carbonyl (C=O) groups is 1. The quantitative estimate of drug-likeness (QED) is 0.721. The summed E-state index contributed by atoms with van der Waals surface area (Å²) in [5.41, 5.74) is 1.97. The molecule has 0 unspecified atom stereocenters. The zero-order chi connectivity index (χ0) is 17.2. The van der Waals surface area contributed by atoms with Gasteiger partial charge in [0.15, 0.2) is 0 Å². The van der Waals surface area contributed by atoms with E-state index in [-0.39, 0.29) is 18.0 Å². The second-order valence-electron chi connectivity index (χ2n) is 5.78. The number of benzene rings is 1. The Hall–Kier alpha value is -3.36. The summed E-state index contributed by atoms with van der Waals surface area (Å²) in [6.45, 7) is 0.848. The van der Waals surface area contributed by atoms with Gasteiger partial charge < -0.3 is 9.88 Å². The summed E-state index contributed by atoms with van der Waals surface area (Å²) in [5, 5.41) is 10.7. The molecule has 3 heterocycles. The van der Waals surface area contributed by atoms with Gasteiger partial charge in [-0.05, 0) is 16.8 Å². The molecule has 1 aliphatic heterocycles. The summed E-state index contributed by atoms with van der Waals surface area (Å²) >= 11 is 0. The van der Waals surface area contributed by atoms with Gasteiger partial charge in [0.1, 0.15) is 18.7 Å². The number of aromatic amines is 1. The molecule has 1 aliphatic rings. The predicted molar refractivity (Wildman–Crippen MR) is 87.2 cm³/mol. The molecule has 1 N–H and O–H groups in total. The van der Waals surface area contributed by atoms with E-state index in [0.29, 0.717) is 36.6 Å². The third kappa shape index (κ3) is 3.03. The Morgan fingerprint density at radius 2 is 2.08 bits per heavy atom. The van der Waals surface area contributed by atoms with Crippen molar-refractivity contribution in [1.29, 1.82) is 0 Å². The number of amides is 1. The van der Waals surface area contributed by atoms with Crippen molar-refractivity contribution in [3.8, 4) is 11.4 Å². The summed E-state index contributed by atoms with van der Waals surface area (Å²) in [6, 6.07) is 9.44. The van der Waals surface area contributed by atoms with Crippen molar-refractivity contribution >= 4 is 5.91 Å². The molecule has 1 amide bonds. The number of nitrogens with one attached hydrogen (secondary N) is 1. The first-order valence-electron chi connectivity index (χ1n) is 7.87. The highest BCUT2D eigenvalue weighted by molar-refractivity contribution is 5.76. The average molecular weight is 337 g/mol. The van der Waals surface area contributed by atoms with Crippen LogP contribution in [0.5, 0.6) is 0 Å². The van der Waals surface area contributed by atoms with Crippen LogP contribution in [0, 0.1) is 0 Å². The van der Waals surface area contributed by atoms with Crippen LogP contribution in [0.4, 0.5) is 0 Å². The Bertz CT molecular complexity index is 950. The van der Waals surface area contributed by atoms with Crippen LogP contribution in [0.1, 0.15) is 11.3 Å². The van der Waals surface area contributed by atoms with Crippen molar-refractivity contribution < 1.29 is 4.79 Å². The fourth-order valence-corrected chi connectivity index (χ4v) is 2.88. The van der Waals surface area contributed by atoms with E-state index in [0.717, 1.165) is 5.56 Å². The number of hydrogen-bond donors (Lipinski definition) is 1. The highest BCUT2D eigenvalue weighted by atomic mass is 16.2. The lowest BCUT2D eigenvalue weighted by Gasteiger charge is -2.27. The molecule has 0 fully saturated rings. The minimum absolute atomic E-state index is 0.0665. The lowest BCUT2D eigenvalue weighted by atomic mass is 10.1. The number of aromatic nitrogens is 6. The molecule has 0 saturated heterocycles. The zero-order valence-corrected chi connectivity index (χ0v) is 13.3. The molecular formula is C16H15N7O2. The fraction of sp³-hybridized carbons (Fsp3) is 0.250. The van der Waals surface area contributed by atoms with Crippen molar-refractivity contribution in [3.05, 3.63) is 58.3 Å². The minimum Gasteiger partial charge on any atom is -0.335 e. The SMILES string of the molecule is O=C(Cn1cnnn1)N1CCc2c(nc(-c3ccccc3)[nH]c2=O)C1. The van der Waals surface area contributed by atoms with Gasteiger partial charge in [-0.3, -0.25) is 9.59 Å². The van der Waals surface area contributed by atoms with Crippen LogP contribution in [0.2, 0.25) is 0 Å². The molecule has 25 heavy (non-hydrogen) atoms. The molecule has 0 bridgehead atoms. The molecule has 0 aliphatic carbocycles. The van der Waals surface area contributed by atoms with Gasteiger partial charge in [-0.15, -0.1) is 5.10 Å². The predicted octanol–water partition coefficient (Wildman–Crippen LogP) is 0.00830. The highest BCUT2D eigenvalue weighted by Crippen LogP contribution is 2.18. The van der Waals surface area contributed by atoms with Crippen molar-refractivity contribution in [2.45, 2.75) is 19.5 Å². The summed E-state index contributed by atoms with van der Waals surface area (Å²) in [6.07, 6.45) is 1.88. The van der Waals surface area contributed by atoms with Crippen LogP contribution >= 0.6 is 0 Å². The van der Waals surface area contributed by atoms with Crippen LogP contribution in [0.3, 0.4) is 0 Å². The Labute approximate surface area is 142 Å². The molecule has 1 aromatic carbocycles. The molecule has 0 radical (unpaired) electrons. The first-order valence-corrected chi connectivity index (χ1v) is 7.87. The summed E-state index contributed by atoms with van der Waals surface area (Å²) in [7, 11) is 0. The number of nitrogens with zero attached hydrogens (tertiary/aromatic N) is 6. The van der Waals surface area contributed by atoms with E-state index in [4.69, 9.17) is 0 Å². The van der Waals surface area contributed by atoms with Crippen LogP contribution in [-0.4, -0.2) is 47.5 Å². The largest absolute Gasteiger partial charge is 0.335 e. The molecule has 0 atom stereocenters. The third-order valence-corrected chi connectivity index (χ3v) is 4.16. The van der Waals surface area contributed by atoms with Gasteiger partial charge >= 0.3 is 0 Å². The molecule has 9 heteroatoms. The lowest BCUT2D eigenvalue weighted by Crippen LogP contribution is -2.40. The van der Waals surface area contributed by atoms with Crippen molar-refractivity contribution in [3.63, 3.8) is 0 Å². The molecule has 3 aromatic rings. The summed E-state index contributed by atoms with van der Waals surface area (Å²) in [5.74, 6) is 0.403. The first kappa shape index (κ1) is 15.2. The number of fused-ring (bicyclic) bond motifs is 1. The lowest BCUT2D eigenvalue weighted by molar-refractivity contribution is -0.133. The van der Waals surface area contributed by atoms with Crippen LogP contribution < -0.4 is 5.56 Å². The van der Waals surface area contributed by atoms with Gasteiger partial charge in [0.05, 0.1) is 12.2 Å². The second kappa shape index (κ2) is 6.27. The molecule has 0 saturated carbocycles. The standard InChI is InChI=1S/C16H15N7O2/c24-14(9-23-10-17-20-21-23)22-7-6-12-13(8-22)18-15(19-16(12)25)11-4-2-1-3-5-11/h1-5,10H,6-9H2,(H,18,19,25). The molecular weight excluding hydrogens is 322 g/mol. The van der Waals surface area contributed by atoms with Gasteiger partial charge in [-0.25, -0.2) is 9.67 Å². The topological polar surface area (TPSA) is 110 Å². The maximum Gasteiger partial charge on any atom is 0.254 e. The van der Waals surface area contributed by atoms with E-state index in [1.165, 1.54) is 11.0 Å². The molecule has 4 rings (SSSR count). The van der Waals surface area contributed by atoms with E-state index < -0.39 is 0 Å². The maximum absolute atomic E-state index is 12.4. The van der Waals surface area contributed by atoms with E-state index in [2.05, 4.69) is 25.5 Å². The van der Waals surface area contributed by atoms with Crippen molar-refractivity contribution in [1.82, 2.24) is 35.1 Å². The number of rotatable bonds is 3. The molecule has 0 spiro atoms. The molecule has 2 aromatic heterocycles. The van der Waals surface area contributed by atoms with Gasteiger partial charge in [-0.1, -0.05) is 30.3 Å². The van der Waals surface area contributed by atoms with Crippen LogP contribution in [0.25, 0.3) is 11.4 Å². The maximum atomic E-state index is 12.4. The third-order valence-electron chi connectivity index (χ3n) is 4.16. The Morgan fingerprint density at radius 1 is 1.24 bits per heavy atom. The zero-order valence-electron chi connectivity index (χ0n) is 13.3. The molecule has 126 valence electrons. The van der Waals surface area contributed by atoms with E-state index in [9.17, 15) is 9.59 Å². The number of hydrogen-bond acceptors (Lipinski definition) is 6. The van der Waals surface area contributed by atoms with Gasteiger partial charge in [0.2, 0.25) is 5.91 Å². The normalized spacial score (nSPS) is 13.5.